The molecule has 2 rings (SSSR count). The second kappa shape index (κ2) is 2.23. The van der Waals surface area contributed by atoms with E-state index in [1.165, 1.54) is 22.3 Å². The molecule has 0 saturated heterocycles. The quantitative estimate of drug-likeness (QED) is 0.525. The van der Waals surface area contributed by atoms with Gasteiger partial charge in [0.1, 0.15) is 0 Å². The molecule has 0 heterocycles. The summed E-state index contributed by atoms with van der Waals surface area (Å²) >= 11 is 0. The van der Waals surface area contributed by atoms with Gasteiger partial charge in [0.2, 0.25) is 0 Å². The van der Waals surface area contributed by atoms with Crippen molar-refractivity contribution < 1.29 is 0 Å². The molecule has 0 bridgehead atoms. The van der Waals surface area contributed by atoms with Crippen molar-refractivity contribution in [3.63, 3.8) is 0 Å². The molecule has 0 amide bonds. The molecule has 1 aromatic carbocycles. The van der Waals surface area contributed by atoms with Crippen LogP contribution in [0.25, 0.3) is 5.57 Å². The van der Waals surface area contributed by atoms with E-state index in [-0.39, 0.29) is 0 Å². The van der Waals surface area contributed by atoms with Gasteiger partial charge in [-0.15, -0.1) is 0 Å². The summed E-state index contributed by atoms with van der Waals surface area (Å²) in [5, 5.41) is 0. The molecule has 0 unspecified atom stereocenters. The lowest BCUT2D eigenvalue weighted by Crippen LogP contribution is -1.83. The lowest BCUT2D eigenvalue weighted by molar-refractivity contribution is 1.29. The van der Waals surface area contributed by atoms with E-state index in [9.17, 15) is 0 Å². The van der Waals surface area contributed by atoms with Crippen LogP contribution in [0.5, 0.6) is 0 Å². The monoisotopic (exact) mass is 144 g/mol. The number of allylic oxidation sites excluding steroid dienone is 2. The molecule has 0 fully saturated rings. The zero-order valence-corrected chi connectivity index (χ0v) is 7.02. The molecule has 0 atom stereocenters. The van der Waals surface area contributed by atoms with Crippen molar-refractivity contribution in [3.8, 4) is 0 Å². The largest absolute Gasteiger partial charge is 0.0766 e. The van der Waals surface area contributed by atoms with Crippen molar-refractivity contribution in [1.29, 1.82) is 0 Å². The van der Waals surface area contributed by atoms with Gasteiger partial charge in [-0.1, -0.05) is 29.8 Å². The van der Waals surface area contributed by atoms with Crippen LogP contribution in [0.1, 0.15) is 23.6 Å². The summed E-state index contributed by atoms with van der Waals surface area (Å²) in [5.41, 5.74) is 5.72. The van der Waals surface area contributed by atoms with Gasteiger partial charge in [0.15, 0.2) is 0 Å². The van der Waals surface area contributed by atoms with Gasteiger partial charge >= 0.3 is 0 Å². The minimum atomic E-state index is 1.13. The Morgan fingerprint density at radius 3 is 2.82 bits per heavy atom. The van der Waals surface area contributed by atoms with Gasteiger partial charge < -0.3 is 0 Å². The van der Waals surface area contributed by atoms with Crippen molar-refractivity contribution in [1.82, 2.24) is 0 Å². The predicted octanol–water partition coefficient (Wildman–Crippen LogP) is 2.95. The summed E-state index contributed by atoms with van der Waals surface area (Å²) in [7, 11) is 0. The Balaban J connectivity index is 2.60. The van der Waals surface area contributed by atoms with Gasteiger partial charge in [0, 0.05) is 0 Å². The summed E-state index contributed by atoms with van der Waals surface area (Å²) in [5.74, 6) is 0. The fourth-order valence-corrected chi connectivity index (χ4v) is 1.61. The van der Waals surface area contributed by atoms with Crippen LogP contribution in [0, 0.1) is 6.92 Å². The fourth-order valence-electron chi connectivity index (χ4n) is 1.61. The van der Waals surface area contributed by atoms with Gasteiger partial charge in [0.25, 0.3) is 0 Å². The van der Waals surface area contributed by atoms with E-state index in [0.29, 0.717) is 0 Å². The van der Waals surface area contributed by atoms with Crippen LogP contribution in [-0.4, -0.2) is 0 Å². The van der Waals surface area contributed by atoms with Crippen LogP contribution in [0.15, 0.2) is 24.3 Å². The molecule has 11 heavy (non-hydrogen) atoms. The maximum Gasteiger partial charge on any atom is -0.00855 e. The van der Waals surface area contributed by atoms with E-state index >= 15 is 0 Å². The predicted molar refractivity (Wildman–Crippen MR) is 48.5 cm³/mol. The average Bonchev–Trinajstić information content (AvgIpc) is 2.33. The molecule has 1 aromatic rings. The van der Waals surface area contributed by atoms with Crippen molar-refractivity contribution >= 4 is 5.57 Å². The van der Waals surface area contributed by atoms with Crippen LogP contribution in [0.3, 0.4) is 0 Å². The molecule has 0 heteroatoms. The molecule has 0 N–H and O–H groups in total. The van der Waals surface area contributed by atoms with E-state index in [4.69, 9.17) is 0 Å². The average molecular weight is 144 g/mol. The Kier molecular flexibility index (Phi) is 1.35. The van der Waals surface area contributed by atoms with Crippen LogP contribution < -0.4 is 0 Å². The molecular formula is C11H12. The molecule has 0 spiro atoms. The zero-order valence-electron chi connectivity index (χ0n) is 7.02. The Morgan fingerprint density at radius 2 is 2.00 bits per heavy atom. The minimum absolute atomic E-state index is 1.13. The highest BCUT2D eigenvalue weighted by atomic mass is 14.1. The van der Waals surface area contributed by atoms with Gasteiger partial charge in [-0.05, 0) is 37.0 Å². The molecule has 1 aliphatic carbocycles. The van der Waals surface area contributed by atoms with E-state index in [1.807, 2.05) is 0 Å². The molecule has 0 aromatic heterocycles. The molecule has 0 saturated carbocycles. The number of hydrogen-bond donors (Lipinski definition) is 0. The van der Waals surface area contributed by atoms with Crippen molar-refractivity contribution in [2.75, 3.05) is 0 Å². The minimum Gasteiger partial charge on any atom is -0.0766 e. The summed E-state index contributed by atoms with van der Waals surface area (Å²) in [6.07, 6.45) is 3.42. The Labute approximate surface area is 67.6 Å². The van der Waals surface area contributed by atoms with E-state index in [0.717, 1.165) is 6.42 Å². The maximum absolute atomic E-state index is 2.30. The third-order valence-electron chi connectivity index (χ3n) is 2.32. The standard InChI is InChI=1S/C11H12/c1-8-3-5-10-6-4-9(2)11(10)7-8/h3-5,7H,6H2,1-2H3. The molecule has 0 aliphatic heterocycles. The number of aryl methyl sites for hydroxylation is 1. The van der Waals surface area contributed by atoms with Crippen molar-refractivity contribution in [2.24, 2.45) is 0 Å². The summed E-state index contributed by atoms with van der Waals surface area (Å²) in [4.78, 5) is 0. The first kappa shape index (κ1) is 6.66. The van der Waals surface area contributed by atoms with Gasteiger partial charge in [-0.25, -0.2) is 0 Å². The molecule has 0 radical (unpaired) electrons. The Bertz CT molecular complexity index is 319. The third-order valence-corrected chi connectivity index (χ3v) is 2.32. The zero-order chi connectivity index (χ0) is 7.84. The maximum atomic E-state index is 2.30. The number of rotatable bonds is 0. The van der Waals surface area contributed by atoms with Crippen LogP contribution in [0.2, 0.25) is 0 Å². The second-order valence-electron chi connectivity index (χ2n) is 3.25. The summed E-state index contributed by atoms with van der Waals surface area (Å²) < 4.78 is 0. The summed E-state index contributed by atoms with van der Waals surface area (Å²) in [6, 6.07) is 6.69. The SMILES string of the molecule is CC1=CCc2ccc(C)cc21. The first-order valence-corrected chi connectivity index (χ1v) is 4.04. The van der Waals surface area contributed by atoms with Gasteiger partial charge in [-0.3, -0.25) is 0 Å². The second-order valence-corrected chi connectivity index (χ2v) is 3.25. The third kappa shape index (κ3) is 0.988. The molecule has 56 valence electrons. The Hall–Kier alpha value is -1.04. The highest BCUT2D eigenvalue weighted by molar-refractivity contribution is 5.71. The number of hydrogen-bond acceptors (Lipinski definition) is 0. The van der Waals surface area contributed by atoms with Crippen LogP contribution in [0.4, 0.5) is 0 Å². The fraction of sp³-hybridized carbons (Fsp3) is 0.273. The normalized spacial score (nSPS) is 14.5. The highest BCUT2D eigenvalue weighted by Gasteiger charge is 2.08. The van der Waals surface area contributed by atoms with Crippen LogP contribution in [-0.2, 0) is 6.42 Å². The van der Waals surface area contributed by atoms with Gasteiger partial charge in [0.05, 0.1) is 0 Å². The first-order valence-electron chi connectivity index (χ1n) is 4.04. The Morgan fingerprint density at radius 1 is 1.18 bits per heavy atom. The van der Waals surface area contributed by atoms with Crippen molar-refractivity contribution in [2.45, 2.75) is 20.3 Å². The number of fused-ring (bicyclic) bond motifs is 1. The molecular weight excluding hydrogens is 132 g/mol. The van der Waals surface area contributed by atoms with E-state index in [2.05, 4.69) is 38.1 Å². The smallest absolute Gasteiger partial charge is 0.00855 e. The topological polar surface area (TPSA) is 0 Å². The molecule has 1 aliphatic rings. The van der Waals surface area contributed by atoms with Crippen LogP contribution >= 0.6 is 0 Å². The van der Waals surface area contributed by atoms with E-state index in [1.54, 1.807) is 0 Å². The van der Waals surface area contributed by atoms with E-state index < -0.39 is 0 Å². The van der Waals surface area contributed by atoms with Gasteiger partial charge in [-0.2, -0.15) is 0 Å². The number of benzene rings is 1. The first-order chi connectivity index (χ1) is 5.27. The molecule has 0 nitrogen and oxygen atoms in total. The lowest BCUT2D eigenvalue weighted by atomic mass is 10.0. The summed E-state index contributed by atoms with van der Waals surface area (Å²) in [6.45, 7) is 4.33. The highest BCUT2D eigenvalue weighted by Crippen LogP contribution is 2.27. The van der Waals surface area contributed by atoms with Crippen molar-refractivity contribution in [3.05, 3.63) is 41.0 Å². The lowest BCUT2D eigenvalue weighted by Gasteiger charge is -2.01.